The van der Waals surface area contributed by atoms with Crippen LogP contribution in [-0.4, -0.2) is 35.4 Å². The maximum atomic E-state index is 10.5. The fourth-order valence-electron chi connectivity index (χ4n) is 1.23. The van der Waals surface area contributed by atoms with Gasteiger partial charge in [0.1, 0.15) is 0 Å². The van der Waals surface area contributed by atoms with Gasteiger partial charge in [-0.1, -0.05) is 0 Å². The molecule has 1 aliphatic rings. The molecule has 2 amide bonds. The Morgan fingerprint density at radius 2 is 2.09 bits per heavy atom. The highest BCUT2D eigenvalue weighted by Crippen LogP contribution is 2.08. The molecule has 0 aliphatic carbocycles. The molecule has 1 heterocycles. The summed E-state index contributed by atoms with van der Waals surface area (Å²) in [5.74, 6) is 0. The van der Waals surface area contributed by atoms with Crippen LogP contribution in [0, 0.1) is 0 Å². The van der Waals surface area contributed by atoms with E-state index in [1.807, 2.05) is 0 Å². The summed E-state index contributed by atoms with van der Waals surface area (Å²) in [4.78, 5) is 10.5. The van der Waals surface area contributed by atoms with Crippen LogP contribution in [0.2, 0.25) is 0 Å². The lowest BCUT2D eigenvalue weighted by atomic mass is 10.1. The van der Waals surface area contributed by atoms with Gasteiger partial charge in [0, 0.05) is 0 Å². The summed E-state index contributed by atoms with van der Waals surface area (Å²) >= 11 is 0. The zero-order valence-electron chi connectivity index (χ0n) is 6.29. The predicted octanol–water partition coefficient (Wildman–Crippen LogP) is -0.492. The molecule has 0 aromatic rings. The summed E-state index contributed by atoms with van der Waals surface area (Å²) < 4.78 is 0. The van der Waals surface area contributed by atoms with Crippen molar-refractivity contribution in [3.05, 3.63) is 0 Å². The van der Waals surface area contributed by atoms with Gasteiger partial charge in [-0.05, 0) is 25.9 Å². The number of piperidine rings is 1. The van der Waals surface area contributed by atoms with Gasteiger partial charge in [0.15, 0.2) is 0 Å². The van der Waals surface area contributed by atoms with Crippen LogP contribution in [0.4, 0.5) is 4.79 Å². The summed E-state index contributed by atoms with van der Waals surface area (Å²) in [7, 11) is 0. The van der Waals surface area contributed by atoms with Gasteiger partial charge in [0.2, 0.25) is 0 Å². The van der Waals surface area contributed by atoms with E-state index in [2.05, 4.69) is 5.32 Å². The summed E-state index contributed by atoms with van der Waals surface area (Å²) in [5, 5.41) is 12.8. The number of hydrogen-bond donors (Lipinski definition) is 3. The summed E-state index contributed by atoms with van der Waals surface area (Å²) in [6, 6.07) is -0.870. The molecule has 0 atom stereocenters. The molecular weight excluding hydrogens is 146 g/mol. The largest absolute Gasteiger partial charge is 0.350 e. The summed E-state index contributed by atoms with van der Waals surface area (Å²) in [6.07, 6.45) is 1.53. The zero-order valence-corrected chi connectivity index (χ0v) is 6.29. The van der Waals surface area contributed by atoms with E-state index in [1.165, 1.54) is 0 Å². The minimum Gasteiger partial charge on any atom is -0.350 e. The van der Waals surface area contributed by atoms with Crippen molar-refractivity contribution in [1.82, 2.24) is 10.4 Å². The molecule has 0 spiro atoms. The molecule has 64 valence electrons. The lowest BCUT2D eigenvalue weighted by Crippen LogP contribution is -2.46. The standard InChI is InChI=1S/C6H13N3O2/c7-6(10)9(11)5-1-3-8-4-2-5/h5,8,11H,1-4H2,(H2,7,10). The second-order valence-corrected chi connectivity index (χ2v) is 2.66. The highest BCUT2D eigenvalue weighted by Gasteiger charge is 2.21. The minimum absolute atomic E-state index is 0.103. The third-order valence-corrected chi connectivity index (χ3v) is 1.88. The van der Waals surface area contributed by atoms with Crippen molar-refractivity contribution in [2.24, 2.45) is 5.73 Å². The molecule has 11 heavy (non-hydrogen) atoms. The molecule has 0 unspecified atom stereocenters. The van der Waals surface area contributed by atoms with E-state index in [-0.39, 0.29) is 6.04 Å². The number of rotatable bonds is 1. The van der Waals surface area contributed by atoms with Crippen LogP contribution in [0.1, 0.15) is 12.8 Å². The number of carbonyl (C=O) groups is 1. The van der Waals surface area contributed by atoms with Crippen molar-refractivity contribution in [2.75, 3.05) is 13.1 Å². The highest BCUT2D eigenvalue weighted by molar-refractivity contribution is 5.70. The van der Waals surface area contributed by atoms with E-state index in [0.29, 0.717) is 5.06 Å². The summed E-state index contributed by atoms with van der Waals surface area (Å²) in [5.41, 5.74) is 4.88. The van der Waals surface area contributed by atoms with Gasteiger partial charge in [0.05, 0.1) is 6.04 Å². The van der Waals surface area contributed by atoms with Crippen molar-refractivity contribution >= 4 is 6.03 Å². The first-order chi connectivity index (χ1) is 5.22. The van der Waals surface area contributed by atoms with E-state index in [1.54, 1.807) is 0 Å². The molecule has 1 aliphatic heterocycles. The molecule has 0 bridgehead atoms. The number of primary amides is 1. The Labute approximate surface area is 65.1 Å². The molecule has 1 saturated heterocycles. The minimum atomic E-state index is -0.767. The van der Waals surface area contributed by atoms with Crippen molar-refractivity contribution in [3.8, 4) is 0 Å². The molecule has 0 saturated carbocycles. The third-order valence-electron chi connectivity index (χ3n) is 1.88. The average molecular weight is 159 g/mol. The van der Waals surface area contributed by atoms with Crippen molar-refractivity contribution in [1.29, 1.82) is 0 Å². The average Bonchev–Trinajstić information content (AvgIpc) is 2.05. The number of carbonyl (C=O) groups excluding carboxylic acids is 1. The van der Waals surface area contributed by atoms with Crippen LogP contribution in [0.3, 0.4) is 0 Å². The molecule has 4 N–H and O–H groups in total. The number of nitrogens with zero attached hydrogens (tertiary/aromatic N) is 1. The van der Waals surface area contributed by atoms with Gasteiger partial charge in [-0.25, -0.2) is 9.86 Å². The van der Waals surface area contributed by atoms with Crippen LogP contribution in [0.5, 0.6) is 0 Å². The lowest BCUT2D eigenvalue weighted by molar-refractivity contribution is -0.0820. The monoisotopic (exact) mass is 159 g/mol. The van der Waals surface area contributed by atoms with Gasteiger partial charge in [0.25, 0.3) is 0 Å². The number of hydrogen-bond acceptors (Lipinski definition) is 3. The highest BCUT2D eigenvalue weighted by atomic mass is 16.5. The van der Waals surface area contributed by atoms with Crippen molar-refractivity contribution < 1.29 is 10.0 Å². The smallest absolute Gasteiger partial charge is 0.338 e. The Balaban J connectivity index is 2.38. The third kappa shape index (κ3) is 2.06. The fraction of sp³-hybridized carbons (Fsp3) is 0.833. The van der Waals surface area contributed by atoms with Gasteiger partial charge >= 0.3 is 6.03 Å². The first-order valence-corrected chi connectivity index (χ1v) is 3.70. The van der Waals surface area contributed by atoms with E-state index < -0.39 is 6.03 Å². The molecule has 0 aromatic heterocycles. The molecule has 0 radical (unpaired) electrons. The second-order valence-electron chi connectivity index (χ2n) is 2.66. The van der Waals surface area contributed by atoms with Gasteiger partial charge in [-0.15, -0.1) is 0 Å². The van der Waals surface area contributed by atoms with E-state index in [0.717, 1.165) is 25.9 Å². The van der Waals surface area contributed by atoms with Crippen molar-refractivity contribution in [2.45, 2.75) is 18.9 Å². The Hall–Kier alpha value is -0.810. The van der Waals surface area contributed by atoms with Crippen LogP contribution in [-0.2, 0) is 0 Å². The number of amides is 2. The lowest BCUT2D eigenvalue weighted by Gasteiger charge is -2.27. The quantitative estimate of drug-likeness (QED) is 0.357. The van der Waals surface area contributed by atoms with Crippen LogP contribution >= 0.6 is 0 Å². The molecule has 0 aromatic carbocycles. The van der Waals surface area contributed by atoms with E-state index in [4.69, 9.17) is 10.9 Å². The van der Waals surface area contributed by atoms with Crippen molar-refractivity contribution in [3.63, 3.8) is 0 Å². The molecule has 1 fully saturated rings. The summed E-state index contributed by atoms with van der Waals surface area (Å²) in [6.45, 7) is 1.66. The first-order valence-electron chi connectivity index (χ1n) is 3.70. The van der Waals surface area contributed by atoms with E-state index >= 15 is 0 Å². The second kappa shape index (κ2) is 3.54. The Morgan fingerprint density at radius 1 is 1.55 bits per heavy atom. The normalized spacial score (nSPS) is 19.7. The number of nitrogens with one attached hydrogen (secondary N) is 1. The zero-order chi connectivity index (χ0) is 8.27. The maximum absolute atomic E-state index is 10.5. The van der Waals surface area contributed by atoms with Crippen LogP contribution in [0.15, 0.2) is 0 Å². The first kappa shape index (κ1) is 8.29. The van der Waals surface area contributed by atoms with Crippen LogP contribution in [0.25, 0.3) is 0 Å². The van der Waals surface area contributed by atoms with E-state index in [9.17, 15) is 4.79 Å². The Morgan fingerprint density at radius 3 is 2.55 bits per heavy atom. The van der Waals surface area contributed by atoms with Gasteiger partial charge in [-0.3, -0.25) is 5.21 Å². The van der Waals surface area contributed by atoms with Gasteiger partial charge < -0.3 is 11.1 Å². The number of nitrogens with two attached hydrogens (primary N) is 1. The number of hydroxylamine groups is 2. The predicted molar refractivity (Wildman–Crippen MR) is 39.1 cm³/mol. The maximum Gasteiger partial charge on any atom is 0.338 e. The SMILES string of the molecule is NC(=O)N(O)C1CCNCC1. The topological polar surface area (TPSA) is 78.6 Å². The molecule has 1 rings (SSSR count). The molecule has 5 nitrogen and oxygen atoms in total. The molecule has 5 heteroatoms. The van der Waals surface area contributed by atoms with Gasteiger partial charge in [-0.2, -0.15) is 0 Å². The number of urea groups is 1. The van der Waals surface area contributed by atoms with Crippen LogP contribution < -0.4 is 11.1 Å². The fourth-order valence-corrected chi connectivity index (χ4v) is 1.23. The Bertz CT molecular complexity index is 145. The molecular formula is C6H13N3O2. The Kier molecular flexibility index (Phi) is 2.67.